The highest BCUT2D eigenvalue weighted by molar-refractivity contribution is 5.97. The third kappa shape index (κ3) is 4.06. The summed E-state index contributed by atoms with van der Waals surface area (Å²) in [6.07, 6.45) is 4.28. The van der Waals surface area contributed by atoms with Crippen molar-refractivity contribution in [2.75, 3.05) is 13.1 Å². The molecule has 1 saturated heterocycles. The minimum absolute atomic E-state index is 0.0186. The van der Waals surface area contributed by atoms with Gasteiger partial charge in [0.2, 0.25) is 5.91 Å². The number of benzene rings is 1. The normalized spacial score (nSPS) is 19.2. The third-order valence-electron chi connectivity index (χ3n) is 6.93. The number of hydrogen-bond donors (Lipinski definition) is 1. The molecule has 2 heterocycles. The van der Waals surface area contributed by atoms with Crippen molar-refractivity contribution >= 4 is 11.8 Å². The lowest BCUT2D eigenvalue weighted by Gasteiger charge is -2.47. The Morgan fingerprint density at radius 3 is 2.62 bits per heavy atom. The highest BCUT2D eigenvalue weighted by atomic mass is 19.1. The maximum atomic E-state index is 14.6. The Morgan fingerprint density at radius 1 is 1.22 bits per heavy atom. The molecule has 2 aliphatic rings. The SMILES string of the molecule is CC[C@H]1CN(C(=O)c2cc(Cc3n[nH]c(=O)c(C)c3C)ccc2F)CC(=O)N1C1CCC1. The highest BCUT2D eigenvalue weighted by Gasteiger charge is 2.40. The second-order valence-corrected chi connectivity index (χ2v) is 8.87. The second kappa shape index (κ2) is 8.84. The summed E-state index contributed by atoms with van der Waals surface area (Å²) < 4.78 is 14.6. The minimum Gasteiger partial charge on any atom is -0.333 e. The van der Waals surface area contributed by atoms with E-state index < -0.39 is 11.7 Å². The third-order valence-corrected chi connectivity index (χ3v) is 6.93. The van der Waals surface area contributed by atoms with Gasteiger partial charge in [0.1, 0.15) is 12.4 Å². The fraction of sp³-hybridized carbons (Fsp3) is 0.500. The maximum Gasteiger partial charge on any atom is 0.267 e. The summed E-state index contributed by atoms with van der Waals surface area (Å²) >= 11 is 0. The Labute approximate surface area is 186 Å². The minimum atomic E-state index is -0.608. The van der Waals surface area contributed by atoms with Crippen LogP contribution in [0.25, 0.3) is 0 Å². The van der Waals surface area contributed by atoms with Crippen molar-refractivity contribution in [1.82, 2.24) is 20.0 Å². The molecule has 0 radical (unpaired) electrons. The average Bonchev–Trinajstić information content (AvgIpc) is 2.74. The molecule has 0 bridgehead atoms. The number of carbonyl (C=O) groups is 2. The Balaban J connectivity index is 1.56. The quantitative estimate of drug-likeness (QED) is 0.775. The van der Waals surface area contributed by atoms with Crippen LogP contribution in [0.3, 0.4) is 0 Å². The van der Waals surface area contributed by atoms with Gasteiger partial charge in [-0.3, -0.25) is 14.4 Å². The van der Waals surface area contributed by atoms with E-state index in [0.717, 1.165) is 31.2 Å². The van der Waals surface area contributed by atoms with Crippen LogP contribution in [0.4, 0.5) is 4.39 Å². The number of hydrogen-bond acceptors (Lipinski definition) is 4. The molecule has 1 saturated carbocycles. The number of H-pyrrole nitrogens is 1. The molecule has 7 nitrogen and oxygen atoms in total. The molecule has 2 aromatic rings. The van der Waals surface area contributed by atoms with Crippen LogP contribution >= 0.6 is 0 Å². The Morgan fingerprint density at radius 2 is 1.97 bits per heavy atom. The van der Waals surface area contributed by atoms with Crippen molar-refractivity contribution in [3.8, 4) is 0 Å². The van der Waals surface area contributed by atoms with E-state index >= 15 is 0 Å². The van der Waals surface area contributed by atoms with Crippen LogP contribution < -0.4 is 5.56 Å². The first-order valence-corrected chi connectivity index (χ1v) is 11.2. The first-order chi connectivity index (χ1) is 15.3. The van der Waals surface area contributed by atoms with Crippen LogP contribution in [-0.4, -0.2) is 57.0 Å². The monoisotopic (exact) mass is 440 g/mol. The van der Waals surface area contributed by atoms with E-state index in [2.05, 4.69) is 10.2 Å². The summed E-state index contributed by atoms with van der Waals surface area (Å²) in [5.74, 6) is -1.13. The van der Waals surface area contributed by atoms with E-state index in [0.29, 0.717) is 29.8 Å². The molecule has 1 aliphatic heterocycles. The number of carbonyl (C=O) groups excluding carboxylic acids is 2. The second-order valence-electron chi connectivity index (χ2n) is 8.87. The zero-order valence-corrected chi connectivity index (χ0v) is 18.8. The number of nitrogens with zero attached hydrogens (tertiary/aromatic N) is 3. The van der Waals surface area contributed by atoms with Crippen molar-refractivity contribution in [2.45, 2.75) is 65.0 Å². The summed E-state index contributed by atoms with van der Waals surface area (Å²) in [4.78, 5) is 41.2. The number of rotatable bonds is 5. The number of piperazine rings is 1. The summed E-state index contributed by atoms with van der Waals surface area (Å²) in [5, 5.41) is 6.58. The van der Waals surface area contributed by atoms with E-state index in [1.807, 2.05) is 18.7 Å². The molecule has 1 aromatic heterocycles. The van der Waals surface area contributed by atoms with E-state index in [9.17, 15) is 18.8 Å². The first-order valence-electron chi connectivity index (χ1n) is 11.2. The van der Waals surface area contributed by atoms with E-state index in [-0.39, 0.29) is 35.7 Å². The maximum absolute atomic E-state index is 14.6. The van der Waals surface area contributed by atoms with Crippen LogP contribution in [0.2, 0.25) is 0 Å². The van der Waals surface area contributed by atoms with E-state index in [1.54, 1.807) is 13.0 Å². The molecule has 170 valence electrons. The lowest BCUT2D eigenvalue weighted by molar-refractivity contribution is -0.144. The number of halogens is 1. The molecular weight excluding hydrogens is 411 g/mol. The van der Waals surface area contributed by atoms with E-state index in [1.165, 1.54) is 17.0 Å². The van der Waals surface area contributed by atoms with Gasteiger partial charge in [-0.05, 0) is 62.8 Å². The summed E-state index contributed by atoms with van der Waals surface area (Å²) in [7, 11) is 0. The summed E-state index contributed by atoms with van der Waals surface area (Å²) in [5.41, 5.74) is 2.46. The molecular formula is C24H29FN4O3. The number of aromatic amines is 1. The van der Waals surface area contributed by atoms with Crippen molar-refractivity contribution in [1.29, 1.82) is 0 Å². The Hall–Kier alpha value is -3.03. The fourth-order valence-corrected chi connectivity index (χ4v) is 4.56. The van der Waals surface area contributed by atoms with Gasteiger partial charge in [0, 0.05) is 30.6 Å². The van der Waals surface area contributed by atoms with Gasteiger partial charge in [-0.25, -0.2) is 9.49 Å². The number of aromatic nitrogens is 2. The molecule has 1 atom stereocenters. The molecule has 2 fully saturated rings. The van der Waals surface area contributed by atoms with Gasteiger partial charge >= 0.3 is 0 Å². The fourth-order valence-electron chi connectivity index (χ4n) is 4.56. The Kier molecular flexibility index (Phi) is 6.13. The topological polar surface area (TPSA) is 86.4 Å². The standard InChI is InChI=1S/C24H29FN4O3/c1-4-17-12-28(13-22(30)29(17)18-6-5-7-18)24(32)19-10-16(8-9-20(19)25)11-21-14(2)15(3)23(31)27-26-21/h8-10,17-18H,4-7,11-13H2,1-3H3,(H,27,31)/t17-/m0/s1. The van der Waals surface area contributed by atoms with Gasteiger partial charge < -0.3 is 9.80 Å². The molecule has 8 heteroatoms. The molecule has 1 aromatic carbocycles. The molecule has 2 amide bonds. The van der Waals surface area contributed by atoms with Crippen LogP contribution in [-0.2, 0) is 11.2 Å². The van der Waals surface area contributed by atoms with Gasteiger partial charge in [0.25, 0.3) is 11.5 Å². The first kappa shape index (κ1) is 22.2. The average molecular weight is 441 g/mol. The lowest BCUT2D eigenvalue weighted by Crippen LogP contribution is -2.61. The molecule has 32 heavy (non-hydrogen) atoms. The van der Waals surface area contributed by atoms with Crippen LogP contribution in [0.1, 0.15) is 65.3 Å². The zero-order chi connectivity index (χ0) is 23.0. The molecule has 0 unspecified atom stereocenters. The van der Waals surface area contributed by atoms with Crippen molar-refractivity contribution < 1.29 is 14.0 Å². The largest absolute Gasteiger partial charge is 0.333 e. The van der Waals surface area contributed by atoms with Crippen LogP contribution in [0.15, 0.2) is 23.0 Å². The van der Waals surface area contributed by atoms with Gasteiger partial charge in [-0.15, -0.1) is 0 Å². The Bertz CT molecular complexity index is 1110. The van der Waals surface area contributed by atoms with Crippen molar-refractivity contribution in [3.05, 3.63) is 62.3 Å². The van der Waals surface area contributed by atoms with E-state index in [4.69, 9.17) is 0 Å². The number of nitrogens with one attached hydrogen (secondary N) is 1. The molecule has 1 aliphatic carbocycles. The summed E-state index contributed by atoms with van der Waals surface area (Å²) in [6, 6.07) is 4.67. The summed E-state index contributed by atoms with van der Waals surface area (Å²) in [6.45, 7) is 5.96. The molecule has 1 N–H and O–H groups in total. The van der Waals surface area contributed by atoms with Crippen LogP contribution in [0.5, 0.6) is 0 Å². The predicted octanol–water partition coefficient (Wildman–Crippen LogP) is 2.73. The molecule has 0 spiro atoms. The zero-order valence-electron chi connectivity index (χ0n) is 18.8. The predicted molar refractivity (Wildman–Crippen MR) is 118 cm³/mol. The lowest BCUT2D eigenvalue weighted by atomic mass is 9.89. The van der Waals surface area contributed by atoms with Gasteiger partial charge in [-0.2, -0.15) is 5.10 Å². The number of amides is 2. The molecule has 4 rings (SSSR count). The van der Waals surface area contributed by atoms with Gasteiger partial charge in [0.15, 0.2) is 0 Å². The van der Waals surface area contributed by atoms with Gasteiger partial charge in [-0.1, -0.05) is 13.0 Å². The van der Waals surface area contributed by atoms with Crippen LogP contribution in [0, 0.1) is 19.7 Å². The van der Waals surface area contributed by atoms with Crippen molar-refractivity contribution in [2.24, 2.45) is 0 Å². The smallest absolute Gasteiger partial charge is 0.267 e. The highest BCUT2D eigenvalue weighted by Crippen LogP contribution is 2.30. The van der Waals surface area contributed by atoms with Crippen molar-refractivity contribution in [3.63, 3.8) is 0 Å². The van der Waals surface area contributed by atoms with Gasteiger partial charge in [0.05, 0.1) is 11.3 Å².